The predicted octanol–water partition coefficient (Wildman–Crippen LogP) is 12.5. The molecule has 1 saturated heterocycles. The summed E-state index contributed by atoms with van der Waals surface area (Å²) >= 11 is 0. The molecule has 6 atom stereocenters. The van der Waals surface area contributed by atoms with Gasteiger partial charge >= 0.3 is 11.9 Å². The Morgan fingerprint density at radius 1 is 0.476 bits per heavy atom. The van der Waals surface area contributed by atoms with Crippen LogP contribution in [0.15, 0.2) is 24.3 Å². The van der Waals surface area contributed by atoms with Gasteiger partial charge in [0, 0.05) is 12.8 Å². The Hall–Kier alpha value is -1.82. The summed E-state index contributed by atoms with van der Waals surface area (Å²) in [5, 5.41) is 40.2. The highest BCUT2D eigenvalue weighted by atomic mass is 16.7. The first kappa shape index (κ1) is 59.2. The number of carbonyl (C=O) groups excluding carboxylic acids is 2. The van der Waals surface area contributed by atoms with E-state index < -0.39 is 49.4 Å². The van der Waals surface area contributed by atoms with Crippen molar-refractivity contribution in [3.63, 3.8) is 0 Å². The highest BCUT2D eigenvalue weighted by molar-refractivity contribution is 5.70. The van der Waals surface area contributed by atoms with Crippen molar-refractivity contribution in [1.82, 2.24) is 0 Å². The van der Waals surface area contributed by atoms with Gasteiger partial charge in [-0.2, -0.15) is 0 Å². The quantitative estimate of drug-likeness (QED) is 0.0264. The molecule has 0 bridgehead atoms. The van der Waals surface area contributed by atoms with E-state index in [9.17, 15) is 30.0 Å². The van der Waals surface area contributed by atoms with E-state index in [0.29, 0.717) is 6.42 Å². The first-order valence-electron chi connectivity index (χ1n) is 26.4. The third-order valence-corrected chi connectivity index (χ3v) is 12.3. The highest BCUT2D eigenvalue weighted by Crippen LogP contribution is 2.23. The van der Waals surface area contributed by atoms with Gasteiger partial charge in [0.15, 0.2) is 12.4 Å². The summed E-state index contributed by atoms with van der Waals surface area (Å²) in [4.78, 5) is 25.5. The molecule has 0 amide bonds. The minimum atomic E-state index is -1.59. The molecule has 1 aliphatic rings. The van der Waals surface area contributed by atoms with E-state index in [2.05, 4.69) is 38.2 Å². The molecular formula is C53H98O10. The molecule has 1 fully saturated rings. The Morgan fingerprint density at radius 2 is 0.841 bits per heavy atom. The van der Waals surface area contributed by atoms with Gasteiger partial charge in [0.2, 0.25) is 0 Å². The molecule has 63 heavy (non-hydrogen) atoms. The average molecular weight is 895 g/mol. The van der Waals surface area contributed by atoms with Gasteiger partial charge in [-0.25, -0.2) is 0 Å². The summed E-state index contributed by atoms with van der Waals surface area (Å²) < 4.78 is 22.3. The number of hydrogen-bond donors (Lipinski definition) is 4. The van der Waals surface area contributed by atoms with E-state index in [1.165, 1.54) is 173 Å². The summed E-state index contributed by atoms with van der Waals surface area (Å²) in [6, 6.07) is 0. The van der Waals surface area contributed by atoms with Crippen LogP contribution in [-0.2, 0) is 28.5 Å². The molecule has 0 saturated carbocycles. The summed E-state index contributed by atoms with van der Waals surface area (Å²) in [7, 11) is 0. The van der Waals surface area contributed by atoms with Gasteiger partial charge in [-0.3, -0.25) is 9.59 Å². The largest absolute Gasteiger partial charge is 0.462 e. The third kappa shape index (κ3) is 35.1. The van der Waals surface area contributed by atoms with Gasteiger partial charge in [0.1, 0.15) is 31.0 Å². The Bertz CT molecular complexity index is 1080. The zero-order chi connectivity index (χ0) is 45.9. The number of allylic oxidation sites excluding steroid dienone is 4. The van der Waals surface area contributed by atoms with Gasteiger partial charge in [0.25, 0.3) is 0 Å². The van der Waals surface area contributed by atoms with Crippen LogP contribution in [0.5, 0.6) is 0 Å². The van der Waals surface area contributed by atoms with Crippen molar-refractivity contribution in [2.75, 3.05) is 19.8 Å². The van der Waals surface area contributed by atoms with Crippen molar-refractivity contribution in [1.29, 1.82) is 0 Å². The molecule has 4 N–H and O–H groups in total. The molecule has 370 valence electrons. The van der Waals surface area contributed by atoms with Crippen LogP contribution < -0.4 is 0 Å². The molecule has 10 nitrogen and oxygen atoms in total. The number of aliphatic hydroxyl groups excluding tert-OH is 4. The Morgan fingerprint density at radius 3 is 1.25 bits per heavy atom. The van der Waals surface area contributed by atoms with Crippen molar-refractivity contribution < 1.29 is 49.0 Å². The molecular weight excluding hydrogens is 797 g/mol. The van der Waals surface area contributed by atoms with Gasteiger partial charge in [-0.1, -0.05) is 192 Å². The molecule has 1 rings (SSSR count). The molecule has 0 spiro atoms. The molecule has 1 aliphatic heterocycles. The maximum Gasteiger partial charge on any atom is 0.306 e. The standard InChI is InChI=1S/C53H98O10/c1-3-5-7-9-11-13-15-17-19-21-22-23-24-26-27-29-31-33-35-37-39-41-48(55)60-44-46(45-61-53-52(59)51(58)50(57)47(43-54)63-53)62-49(56)42-40-38-36-34-32-30-28-25-20-18-16-14-12-10-8-6-4-2/h14,16-17,19,46-47,50-54,57-59H,3-13,15,18,20-45H2,1-2H3/b16-14+,19-17+/t46-,47-,50+,51?,52?,53-/m0/s1. The van der Waals surface area contributed by atoms with Crippen molar-refractivity contribution >= 4 is 11.9 Å². The summed E-state index contributed by atoms with van der Waals surface area (Å²) in [5.74, 6) is -0.799. The second-order valence-electron chi connectivity index (χ2n) is 18.3. The number of hydrogen-bond acceptors (Lipinski definition) is 10. The Balaban J connectivity index is 2.23. The van der Waals surface area contributed by atoms with E-state index >= 15 is 0 Å². The average Bonchev–Trinajstić information content (AvgIpc) is 3.28. The smallest absolute Gasteiger partial charge is 0.306 e. The molecule has 1 heterocycles. The molecule has 0 aliphatic carbocycles. The lowest BCUT2D eigenvalue weighted by molar-refractivity contribution is -0.305. The third-order valence-electron chi connectivity index (χ3n) is 12.3. The minimum absolute atomic E-state index is 0.215. The van der Waals surface area contributed by atoms with Gasteiger partial charge in [-0.15, -0.1) is 0 Å². The number of ether oxygens (including phenoxy) is 4. The lowest BCUT2D eigenvalue weighted by Gasteiger charge is -2.39. The van der Waals surface area contributed by atoms with Gasteiger partial charge in [0.05, 0.1) is 13.2 Å². The number of aliphatic hydroxyl groups is 4. The van der Waals surface area contributed by atoms with E-state index in [1.807, 2.05) is 0 Å². The topological polar surface area (TPSA) is 152 Å². The van der Waals surface area contributed by atoms with Crippen LogP contribution in [0, 0.1) is 0 Å². The van der Waals surface area contributed by atoms with Crippen LogP contribution in [0.4, 0.5) is 0 Å². The predicted molar refractivity (Wildman–Crippen MR) is 256 cm³/mol. The van der Waals surface area contributed by atoms with Crippen LogP contribution in [0.2, 0.25) is 0 Å². The molecule has 0 radical (unpaired) electrons. The maximum atomic E-state index is 12.8. The number of rotatable bonds is 45. The minimum Gasteiger partial charge on any atom is -0.462 e. The van der Waals surface area contributed by atoms with Gasteiger partial charge in [-0.05, 0) is 64.2 Å². The number of carbonyl (C=O) groups is 2. The molecule has 2 unspecified atom stereocenters. The van der Waals surface area contributed by atoms with Crippen LogP contribution >= 0.6 is 0 Å². The van der Waals surface area contributed by atoms with Crippen molar-refractivity contribution in [2.45, 2.75) is 282 Å². The SMILES string of the molecule is CCCCCC/C=C/CCCCCCCCCCCC(=O)O[C@@H](COC(=O)CCCCCCCCCCCCC/C=C/CCCCCCCC)CO[C@H]1O[C@@H](CO)[C@@H](O)C(O)C1O. The van der Waals surface area contributed by atoms with Crippen LogP contribution in [0.1, 0.15) is 245 Å². The van der Waals surface area contributed by atoms with Crippen LogP contribution in [-0.4, -0.2) is 89.0 Å². The van der Waals surface area contributed by atoms with E-state index in [1.54, 1.807) is 0 Å². The molecule has 0 aromatic rings. The molecule has 0 aromatic carbocycles. The number of unbranched alkanes of at least 4 members (excludes halogenated alkanes) is 30. The zero-order valence-corrected chi connectivity index (χ0v) is 40.6. The van der Waals surface area contributed by atoms with E-state index in [4.69, 9.17) is 18.9 Å². The van der Waals surface area contributed by atoms with E-state index in [0.717, 1.165) is 38.5 Å². The first-order chi connectivity index (χ1) is 30.8. The Kier molecular flexibility index (Phi) is 41.4. The summed E-state index contributed by atoms with van der Waals surface area (Å²) in [5.41, 5.74) is 0. The zero-order valence-electron chi connectivity index (χ0n) is 40.6. The number of esters is 2. The molecule has 0 aromatic heterocycles. The van der Waals surface area contributed by atoms with Gasteiger partial charge < -0.3 is 39.4 Å². The second kappa shape index (κ2) is 44.0. The van der Waals surface area contributed by atoms with Crippen LogP contribution in [0.25, 0.3) is 0 Å². The summed E-state index contributed by atoms with van der Waals surface area (Å²) in [6.45, 7) is 3.44. The first-order valence-corrected chi connectivity index (χ1v) is 26.4. The summed E-state index contributed by atoms with van der Waals surface area (Å²) in [6.07, 6.45) is 43.2. The van der Waals surface area contributed by atoms with Crippen molar-refractivity contribution in [3.8, 4) is 0 Å². The fraction of sp³-hybridized carbons (Fsp3) is 0.887. The Labute approximate surface area is 385 Å². The van der Waals surface area contributed by atoms with E-state index in [-0.39, 0.29) is 32.0 Å². The van der Waals surface area contributed by atoms with Crippen molar-refractivity contribution in [2.24, 2.45) is 0 Å². The lowest BCUT2D eigenvalue weighted by atomic mass is 9.99. The normalized spacial score (nSPS) is 19.6. The maximum absolute atomic E-state index is 12.8. The fourth-order valence-corrected chi connectivity index (χ4v) is 8.12. The van der Waals surface area contributed by atoms with Crippen LogP contribution in [0.3, 0.4) is 0 Å². The fourth-order valence-electron chi connectivity index (χ4n) is 8.12. The van der Waals surface area contributed by atoms with Crippen molar-refractivity contribution in [3.05, 3.63) is 24.3 Å². The second-order valence-corrected chi connectivity index (χ2v) is 18.3. The molecule has 10 heteroatoms. The lowest BCUT2D eigenvalue weighted by Crippen LogP contribution is -2.59. The highest BCUT2D eigenvalue weighted by Gasteiger charge is 2.44. The monoisotopic (exact) mass is 895 g/mol.